The van der Waals surface area contributed by atoms with Gasteiger partial charge in [-0.1, -0.05) is 53.5 Å². The molecule has 1 radical (unpaired) electrons. The summed E-state index contributed by atoms with van der Waals surface area (Å²) in [5.74, 6) is 0. The highest BCUT2D eigenvalue weighted by Crippen LogP contribution is 2.40. The van der Waals surface area contributed by atoms with E-state index in [4.69, 9.17) is 16.3 Å². The zero-order valence-corrected chi connectivity index (χ0v) is 17.7. The zero-order valence-electron chi connectivity index (χ0n) is 17.0. The summed E-state index contributed by atoms with van der Waals surface area (Å²) in [4.78, 5) is 0. The van der Waals surface area contributed by atoms with Crippen LogP contribution >= 0.6 is 11.6 Å². The molecule has 0 spiro atoms. The van der Waals surface area contributed by atoms with Crippen LogP contribution in [0, 0.1) is 0 Å². The maximum Gasteiger partial charge on any atom is 0.330 e. The highest BCUT2D eigenvalue weighted by Gasteiger charge is 2.35. The topological polar surface area (TPSA) is 33.9 Å². The SMILES string of the molecule is CC(C)(O)C(C)(C)O[B]c1cc2c3ccccc3n3c4cccc(Cl)c4c(c1)c23. The van der Waals surface area contributed by atoms with Crippen molar-refractivity contribution in [3.8, 4) is 0 Å². The van der Waals surface area contributed by atoms with Crippen molar-refractivity contribution >= 4 is 62.6 Å². The molecule has 0 fully saturated rings. The number of nitrogens with zero attached hydrogens (tertiary/aromatic N) is 1. The van der Waals surface area contributed by atoms with Crippen LogP contribution < -0.4 is 5.46 Å². The Hall–Kier alpha value is -2.27. The van der Waals surface area contributed by atoms with Crippen LogP contribution in [0.1, 0.15) is 27.7 Å². The highest BCUT2D eigenvalue weighted by atomic mass is 35.5. The number of aromatic nitrogens is 1. The Balaban J connectivity index is 1.79. The molecule has 3 aromatic carbocycles. The third-order valence-electron chi connectivity index (χ3n) is 6.26. The van der Waals surface area contributed by atoms with Crippen molar-refractivity contribution in [2.45, 2.75) is 38.9 Å². The summed E-state index contributed by atoms with van der Waals surface area (Å²) in [6, 6.07) is 18.7. The molecule has 2 aromatic heterocycles. The number of halogens is 1. The Morgan fingerprint density at radius 3 is 2.34 bits per heavy atom. The molecule has 29 heavy (non-hydrogen) atoms. The Morgan fingerprint density at radius 2 is 1.59 bits per heavy atom. The van der Waals surface area contributed by atoms with E-state index in [9.17, 15) is 5.11 Å². The third-order valence-corrected chi connectivity index (χ3v) is 6.57. The molecule has 2 heterocycles. The van der Waals surface area contributed by atoms with Crippen LogP contribution in [0.3, 0.4) is 0 Å². The number of rotatable bonds is 4. The van der Waals surface area contributed by atoms with E-state index in [-0.39, 0.29) is 0 Å². The smallest absolute Gasteiger partial charge is 0.330 e. The maximum atomic E-state index is 10.4. The van der Waals surface area contributed by atoms with Crippen molar-refractivity contribution in [1.82, 2.24) is 4.40 Å². The summed E-state index contributed by atoms with van der Waals surface area (Å²) < 4.78 is 8.34. The summed E-state index contributed by atoms with van der Waals surface area (Å²) in [5.41, 5.74) is 2.68. The molecule has 0 saturated carbocycles. The van der Waals surface area contributed by atoms with Crippen LogP contribution in [0.4, 0.5) is 0 Å². The van der Waals surface area contributed by atoms with Gasteiger partial charge in [-0.25, -0.2) is 0 Å². The second kappa shape index (κ2) is 6.12. The molecule has 0 aliphatic heterocycles. The van der Waals surface area contributed by atoms with Gasteiger partial charge in [0.25, 0.3) is 0 Å². The van der Waals surface area contributed by atoms with Crippen LogP contribution in [-0.4, -0.2) is 28.2 Å². The van der Waals surface area contributed by atoms with Crippen molar-refractivity contribution in [2.75, 3.05) is 0 Å². The normalized spacial score (nSPS) is 13.3. The minimum Gasteiger partial charge on any atom is -0.427 e. The van der Waals surface area contributed by atoms with Gasteiger partial charge in [0, 0.05) is 21.5 Å². The molecule has 0 amide bonds. The number of fused-ring (bicyclic) bond motifs is 6. The van der Waals surface area contributed by atoms with Crippen LogP contribution in [0.15, 0.2) is 54.6 Å². The molecule has 145 valence electrons. The Morgan fingerprint density at radius 1 is 0.897 bits per heavy atom. The van der Waals surface area contributed by atoms with Crippen molar-refractivity contribution in [2.24, 2.45) is 0 Å². The lowest BCUT2D eigenvalue weighted by molar-refractivity contribution is -0.0893. The van der Waals surface area contributed by atoms with E-state index in [1.807, 2.05) is 26.0 Å². The van der Waals surface area contributed by atoms with Crippen molar-refractivity contribution in [3.05, 3.63) is 59.6 Å². The van der Waals surface area contributed by atoms with Gasteiger partial charge in [0.15, 0.2) is 0 Å². The number of hydrogen-bond acceptors (Lipinski definition) is 2. The van der Waals surface area contributed by atoms with E-state index in [0.29, 0.717) is 0 Å². The molecule has 0 aliphatic carbocycles. The first-order valence-electron chi connectivity index (χ1n) is 9.79. The second-order valence-electron chi connectivity index (χ2n) is 8.76. The van der Waals surface area contributed by atoms with Gasteiger partial charge in [0.05, 0.1) is 32.8 Å². The van der Waals surface area contributed by atoms with Gasteiger partial charge >= 0.3 is 7.48 Å². The van der Waals surface area contributed by atoms with Crippen molar-refractivity contribution in [3.63, 3.8) is 0 Å². The van der Waals surface area contributed by atoms with Crippen LogP contribution in [0.2, 0.25) is 5.02 Å². The summed E-state index contributed by atoms with van der Waals surface area (Å²) in [6.45, 7) is 7.29. The second-order valence-corrected chi connectivity index (χ2v) is 9.16. The number of hydrogen-bond donors (Lipinski definition) is 1. The fourth-order valence-electron chi connectivity index (χ4n) is 3.95. The number of aliphatic hydroxyl groups is 1. The molecule has 5 heteroatoms. The molecule has 0 bridgehead atoms. The van der Waals surface area contributed by atoms with Crippen molar-refractivity contribution in [1.29, 1.82) is 0 Å². The fourth-order valence-corrected chi connectivity index (χ4v) is 4.23. The van der Waals surface area contributed by atoms with Gasteiger partial charge < -0.3 is 14.2 Å². The quantitative estimate of drug-likeness (QED) is 0.414. The highest BCUT2D eigenvalue weighted by molar-refractivity contribution is 6.49. The van der Waals surface area contributed by atoms with Crippen molar-refractivity contribution < 1.29 is 9.76 Å². The summed E-state index contributed by atoms with van der Waals surface area (Å²) >= 11 is 6.63. The van der Waals surface area contributed by atoms with Crippen LogP contribution in [-0.2, 0) is 4.65 Å². The molecule has 3 nitrogen and oxygen atoms in total. The third kappa shape index (κ3) is 2.67. The van der Waals surface area contributed by atoms with Gasteiger partial charge in [-0.15, -0.1) is 0 Å². The maximum absolute atomic E-state index is 10.4. The Bertz CT molecular complexity index is 1380. The van der Waals surface area contributed by atoms with E-state index in [0.717, 1.165) is 26.8 Å². The van der Waals surface area contributed by atoms with E-state index < -0.39 is 11.2 Å². The predicted molar refractivity (Wildman–Crippen MR) is 123 cm³/mol. The molecule has 5 aromatic rings. The molecular weight excluding hydrogens is 381 g/mol. The standard InChI is InChI=1S/C24H22BClNO2/c1-23(2,28)24(3,4)29-25-14-12-16-15-8-5-6-10-19(15)27-20-11-7-9-18(26)21(20)17(13-14)22(16)27/h5-13,28H,1-4H3. The van der Waals surface area contributed by atoms with Gasteiger partial charge in [-0.3, -0.25) is 0 Å². The fraction of sp³-hybridized carbons (Fsp3) is 0.250. The number of benzene rings is 3. The average Bonchev–Trinajstić information content (AvgIpc) is 3.17. The van der Waals surface area contributed by atoms with E-state index in [1.165, 1.54) is 21.8 Å². The first kappa shape index (κ1) is 18.7. The van der Waals surface area contributed by atoms with Crippen LogP contribution in [0.25, 0.3) is 38.1 Å². The molecule has 0 aliphatic rings. The molecule has 1 N–H and O–H groups in total. The minimum atomic E-state index is -0.976. The van der Waals surface area contributed by atoms with E-state index in [2.05, 4.69) is 46.9 Å². The monoisotopic (exact) mass is 402 g/mol. The van der Waals surface area contributed by atoms with Gasteiger partial charge in [0.1, 0.15) is 0 Å². The Kier molecular flexibility index (Phi) is 3.95. The average molecular weight is 403 g/mol. The zero-order chi connectivity index (χ0) is 20.6. The lowest BCUT2D eigenvalue weighted by Gasteiger charge is -2.37. The summed E-state index contributed by atoms with van der Waals surface area (Å²) in [7, 11) is 1.74. The summed E-state index contributed by atoms with van der Waals surface area (Å²) in [5, 5.41) is 15.7. The largest absolute Gasteiger partial charge is 0.427 e. The van der Waals surface area contributed by atoms with Gasteiger partial charge in [0.2, 0.25) is 0 Å². The summed E-state index contributed by atoms with van der Waals surface area (Å²) in [6.07, 6.45) is 0. The van der Waals surface area contributed by atoms with E-state index in [1.54, 1.807) is 21.3 Å². The molecule has 0 saturated heterocycles. The minimum absolute atomic E-state index is 0.730. The van der Waals surface area contributed by atoms with Gasteiger partial charge in [-0.2, -0.15) is 0 Å². The number of para-hydroxylation sites is 1. The molecule has 0 atom stereocenters. The lowest BCUT2D eigenvalue weighted by atomic mass is 9.81. The Labute approximate surface area is 175 Å². The van der Waals surface area contributed by atoms with E-state index >= 15 is 0 Å². The molecule has 5 rings (SSSR count). The van der Waals surface area contributed by atoms with Gasteiger partial charge in [-0.05, 0) is 45.9 Å². The predicted octanol–water partition coefficient (Wildman–Crippen LogP) is 5.30. The molecule has 0 unspecified atom stereocenters. The first-order valence-corrected chi connectivity index (χ1v) is 10.2. The lowest BCUT2D eigenvalue weighted by Crippen LogP contribution is -2.49. The van der Waals surface area contributed by atoms with Crippen LogP contribution in [0.5, 0.6) is 0 Å². The molecular formula is C24H22BClNO2. The first-order chi connectivity index (χ1) is 13.7.